The van der Waals surface area contributed by atoms with Gasteiger partial charge in [0.2, 0.25) is 5.91 Å². The molecule has 80 valence electrons. The topological polar surface area (TPSA) is 90.2 Å². The summed E-state index contributed by atoms with van der Waals surface area (Å²) in [5.74, 6) is 1.58. The van der Waals surface area contributed by atoms with Crippen molar-refractivity contribution < 1.29 is 4.79 Å². The lowest BCUT2D eigenvalue weighted by molar-refractivity contribution is -0.129. The fourth-order valence-corrected chi connectivity index (χ4v) is 3.42. The van der Waals surface area contributed by atoms with Gasteiger partial charge in [-0.25, -0.2) is 0 Å². The van der Waals surface area contributed by atoms with Crippen LogP contribution >= 0.6 is 23.5 Å². The molecule has 0 aromatic rings. The Morgan fingerprint density at radius 2 is 2.67 bits per heavy atom. The third-order valence-corrected chi connectivity index (χ3v) is 4.47. The molecule has 0 aromatic carbocycles. The fourth-order valence-electron chi connectivity index (χ4n) is 1.32. The third kappa shape index (κ3) is 2.39. The van der Waals surface area contributed by atoms with Gasteiger partial charge in [0, 0.05) is 16.4 Å². The SMILES string of the molecule is [N-]=[N+]=N[C@@H]1C(=O)N[C@H]1CSC1=NCCS1. The molecule has 6 nitrogen and oxygen atoms in total. The van der Waals surface area contributed by atoms with Gasteiger partial charge in [-0.1, -0.05) is 28.6 Å². The Morgan fingerprint density at radius 3 is 3.27 bits per heavy atom. The molecule has 0 bridgehead atoms. The Morgan fingerprint density at radius 1 is 1.80 bits per heavy atom. The van der Waals surface area contributed by atoms with Crippen molar-refractivity contribution in [3.63, 3.8) is 0 Å². The molecule has 15 heavy (non-hydrogen) atoms. The van der Waals surface area contributed by atoms with E-state index in [0.29, 0.717) is 0 Å². The first-order valence-corrected chi connectivity index (χ1v) is 6.43. The van der Waals surface area contributed by atoms with Crippen molar-refractivity contribution in [1.82, 2.24) is 5.32 Å². The van der Waals surface area contributed by atoms with Crippen molar-refractivity contribution in [2.24, 2.45) is 10.1 Å². The van der Waals surface area contributed by atoms with Crippen LogP contribution in [-0.2, 0) is 4.79 Å². The van der Waals surface area contributed by atoms with E-state index in [1.54, 1.807) is 23.5 Å². The highest BCUT2D eigenvalue weighted by Gasteiger charge is 2.38. The van der Waals surface area contributed by atoms with E-state index in [1.807, 2.05) is 0 Å². The summed E-state index contributed by atoms with van der Waals surface area (Å²) in [6, 6.07) is -0.572. The van der Waals surface area contributed by atoms with Crippen LogP contribution in [0, 0.1) is 0 Å². The number of aliphatic imine (C=N–C) groups is 1. The number of nitrogens with one attached hydrogen (secondary N) is 1. The van der Waals surface area contributed by atoms with Crippen LogP contribution in [-0.4, -0.2) is 40.4 Å². The molecule has 1 fully saturated rings. The highest BCUT2D eigenvalue weighted by molar-refractivity contribution is 8.39. The van der Waals surface area contributed by atoms with E-state index in [2.05, 4.69) is 20.3 Å². The summed E-state index contributed by atoms with van der Waals surface area (Å²) in [6.45, 7) is 0.879. The molecular weight excluding hydrogens is 234 g/mol. The quantitative estimate of drug-likeness (QED) is 0.347. The van der Waals surface area contributed by atoms with Crippen molar-refractivity contribution in [1.29, 1.82) is 0 Å². The lowest BCUT2D eigenvalue weighted by atomic mass is 10.0. The summed E-state index contributed by atoms with van der Waals surface area (Å²) >= 11 is 3.35. The predicted molar refractivity (Wildman–Crippen MR) is 62.1 cm³/mol. The van der Waals surface area contributed by atoms with Gasteiger partial charge in [-0.15, -0.1) is 0 Å². The van der Waals surface area contributed by atoms with Crippen LogP contribution in [0.1, 0.15) is 0 Å². The number of hydrogen-bond donors (Lipinski definition) is 1. The minimum absolute atomic E-state index is 0.0395. The van der Waals surface area contributed by atoms with E-state index < -0.39 is 6.04 Å². The van der Waals surface area contributed by atoms with Gasteiger partial charge in [0.05, 0.1) is 12.6 Å². The normalized spacial score (nSPS) is 28.8. The van der Waals surface area contributed by atoms with Crippen LogP contribution in [0.2, 0.25) is 0 Å². The van der Waals surface area contributed by atoms with Crippen LogP contribution in [0.25, 0.3) is 10.4 Å². The Kier molecular flexibility index (Phi) is 3.40. The summed E-state index contributed by atoms with van der Waals surface area (Å²) in [5.41, 5.74) is 8.26. The first-order chi connectivity index (χ1) is 7.31. The Bertz CT molecular complexity index is 349. The molecule has 2 aliphatic rings. The number of carbonyl (C=O) groups excluding carboxylic acids is 1. The summed E-state index contributed by atoms with van der Waals surface area (Å²) in [5, 5.41) is 6.16. The van der Waals surface area contributed by atoms with Crippen molar-refractivity contribution in [3.8, 4) is 0 Å². The van der Waals surface area contributed by atoms with Gasteiger partial charge in [0.25, 0.3) is 0 Å². The van der Waals surface area contributed by atoms with Gasteiger partial charge in [-0.05, 0) is 5.53 Å². The number of hydrogen-bond acceptors (Lipinski definition) is 5. The Labute approximate surface area is 94.9 Å². The van der Waals surface area contributed by atoms with Crippen molar-refractivity contribution in [3.05, 3.63) is 10.4 Å². The van der Waals surface area contributed by atoms with Crippen LogP contribution in [0.4, 0.5) is 0 Å². The lowest BCUT2D eigenvalue weighted by Gasteiger charge is -2.33. The maximum absolute atomic E-state index is 11.0. The van der Waals surface area contributed by atoms with Crippen LogP contribution in [0.5, 0.6) is 0 Å². The second-order valence-electron chi connectivity index (χ2n) is 3.07. The van der Waals surface area contributed by atoms with E-state index in [1.165, 1.54) is 0 Å². The zero-order chi connectivity index (χ0) is 10.7. The summed E-state index contributed by atoms with van der Waals surface area (Å²) in [6.07, 6.45) is 0. The zero-order valence-electron chi connectivity index (χ0n) is 7.79. The standard InChI is InChI=1S/C7H9N5OS2/c8-12-11-5-4(10-6(5)13)3-15-7-9-1-2-14-7/h4-5H,1-3H2,(H,10,13)/t4-,5-/m0/s1. The van der Waals surface area contributed by atoms with E-state index >= 15 is 0 Å². The molecule has 2 atom stereocenters. The van der Waals surface area contributed by atoms with Crippen molar-refractivity contribution >= 4 is 33.8 Å². The van der Waals surface area contributed by atoms with Crippen LogP contribution in [0.3, 0.4) is 0 Å². The van der Waals surface area contributed by atoms with Gasteiger partial charge in [0.1, 0.15) is 10.4 Å². The zero-order valence-corrected chi connectivity index (χ0v) is 9.42. The highest BCUT2D eigenvalue weighted by Crippen LogP contribution is 2.25. The van der Waals surface area contributed by atoms with Crippen LogP contribution < -0.4 is 5.32 Å². The first-order valence-electron chi connectivity index (χ1n) is 4.46. The Hall–Kier alpha value is -0.850. The molecule has 0 saturated carbocycles. The lowest BCUT2D eigenvalue weighted by Crippen LogP contribution is -2.62. The summed E-state index contributed by atoms with van der Waals surface area (Å²) in [4.78, 5) is 17.9. The molecule has 0 radical (unpaired) electrons. The maximum atomic E-state index is 11.0. The average molecular weight is 243 g/mol. The molecule has 0 aromatic heterocycles. The summed E-state index contributed by atoms with van der Waals surface area (Å²) < 4.78 is 1.07. The first kappa shape index (κ1) is 10.7. The van der Waals surface area contributed by atoms with Crippen molar-refractivity contribution in [2.75, 3.05) is 18.1 Å². The van der Waals surface area contributed by atoms with E-state index in [0.717, 1.165) is 22.4 Å². The monoisotopic (exact) mass is 243 g/mol. The number of thioether (sulfide) groups is 2. The molecule has 1 N–H and O–H groups in total. The largest absolute Gasteiger partial charge is 0.351 e. The second kappa shape index (κ2) is 4.78. The van der Waals surface area contributed by atoms with Crippen LogP contribution in [0.15, 0.2) is 10.1 Å². The molecule has 0 unspecified atom stereocenters. The Balaban J connectivity index is 1.80. The van der Waals surface area contributed by atoms with Gasteiger partial charge in [-0.2, -0.15) is 0 Å². The second-order valence-corrected chi connectivity index (χ2v) is 5.42. The third-order valence-electron chi connectivity index (χ3n) is 2.10. The molecule has 2 aliphatic heterocycles. The van der Waals surface area contributed by atoms with Gasteiger partial charge >= 0.3 is 0 Å². The number of β-lactam (4-membered cyclic amide) rings is 1. The number of carbonyl (C=O) groups is 1. The molecule has 0 aliphatic carbocycles. The number of nitrogens with zero attached hydrogens (tertiary/aromatic N) is 4. The van der Waals surface area contributed by atoms with Gasteiger partial charge in [-0.3, -0.25) is 9.79 Å². The molecule has 1 amide bonds. The molecular formula is C7H9N5OS2. The highest BCUT2D eigenvalue weighted by atomic mass is 32.2. The van der Waals surface area contributed by atoms with E-state index in [4.69, 9.17) is 5.53 Å². The minimum atomic E-state index is -0.533. The van der Waals surface area contributed by atoms with Gasteiger partial charge < -0.3 is 5.32 Å². The number of azide groups is 1. The fraction of sp³-hybridized carbons (Fsp3) is 0.714. The van der Waals surface area contributed by atoms with E-state index in [9.17, 15) is 4.79 Å². The molecule has 1 saturated heterocycles. The molecule has 0 spiro atoms. The van der Waals surface area contributed by atoms with Crippen molar-refractivity contribution in [2.45, 2.75) is 12.1 Å². The van der Waals surface area contributed by atoms with Gasteiger partial charge in [0.15, 0.2) is 0 Å². The summed E-state index contributed by atoms with van der Waals surface area (Å²) in [7, 11) is 0. The molecule has 8 heteroatoms. The minimum Gasteiger partial charge on any atom is -0.351 e. The maximum Gasteiger partial charge on any atom is 0.231 e. The molecule has 2 heterocycles. The average Bonchev–Trinajstić information content (AvgIpc) is 2.73. The number of rotatable bonds is 3. The predicted octanol–water partition coefficient (Wildman–Crippen LogP) is 1.000. The smallest absolute Gasteiger partial charge is 0.231 e. The number of amides is 1. The van der Waals surface area contributed by atoms with E-state index in [-0.39, 0.29) is 11.9 Å². The molecule has 2 rings (SSSR count).